The molecular weight excluding hydrogens is 138 g/mol. The Morgan fingerprint density at radius 1 is 1.45 bits per heavy atom. The second-order valence-electron chi connectivity index (χ2n) is 4.16. The summed E-state index contributed by atoms with van der Waals surface area (Å²) in [6.45, 7) is 8.60. The Morgan fingerprint density at radius 3 is 2.45 bits per heavy atom. The molecule has 1 aromatic rings. The van der Waals surface area contributed by atoms with Gasteiger partial charge < -0.3 is 4.52 Å². The third kappa shape index (κ3) is 2.37. The number of aryl methyl sites for hydroxylation is 1. The molecule has 0 fully saturated rings. The van der Waals surface area contributed by atoms with Crippen molar-refractivity contribution in [2.24, 2.45) is 5.41 Å². The van der Waals surface area contributed by atoms with Crippen LogP contribution in [0.4, 0.5) is 0 Å². The lowest BCUT2D eigenvalue weighted by molar-refractivity contribution is 0.400. The lowest BCUT2D eigenvalue weighted by Gasteiger charge is -2.16. The number of nitrogens with zero attached hydrogens (tertiary/aromatic N) is 1. The predicted molar refractivity (Wildman–Crippen MR) is 44.4 cm³/mol. The lowest BCUT2D eigenvalue weighted by Crippen LogP contribution is -2.09. The SMILES string of the molecule is Cc1nocc1CC(C)(C)C. The van der Waals surface area contributed by atoms with Gasteiger partial charge in [-0.25, -0.2) is 0 Å². The molecule has 0 amide bonds. The van der Waals surface area contributed by atoms with Gasteiger partial charge in [0, 0.05) is 5.56 Å². The molecule has 11 heavy (non-hydrogen) atoms. The van der Waals surface area contributed by atoms with Crippen LogP contribution in [-0.2, 0) is 6.42 Å². The molecule has 0 atom stereocenters. The molecule has 2 heteroatoms. The number of hydrogen-bond donors (Lipinski definition) is 0. The monoisotopic (exact) mass is 153 g/mol. The van der Waals surface area contributed by atoms with Crippen molar-refractivity contribution in [3.8, 4) is 0 Å². The Balaban J connectivity index is 2.72. The molecule has 1 heterocycles. The van der Waals surface area contributed by atoms with Gasteiger partial charge in [-0.05, 0) is 18.8 Å². The molecular formula is C9H15NO. The van der Waals surface area contributed by atoms with Gasteiger partial charge in [0.2, 0.25) is 0 Å². The Morgan fingerprint density at radius 2 is 2.09 bits per heavy atom. The Hall–Kier alpha value is -0.790. The summed E-state index contributed by atoms with van der Waals surface area (Å²) < 4.78 is 4.84. The first-order valence-corrected chi connectivity index (χ1v) is 3.89. The fraction of sp³-hybridized carbons (Fsp3) is 0.667. The maximum atomic E-state index is 4.84. The highest BCUT2D eigenvalue weighted by Crippen LogP contribution is 2.21. The van der Waals surface area contributed by atoms with E-state index in [2.05, 4.69) is 25.9 Å². The van der Waals surface area contributed by atoms with Crippen LogP contribution in [0.15, 0.2) is 10.8 Å². The smallest absolute Gasteiger partial charge is 0.127 e. The minimum Gasteiger partial charge on any atom is -0.364 e. The second-order valence-corrected chi connectivity index (χ2v) is 4.16. The highest BCUT2D eigenvalue weighted by Gasteiger charge is 2.14. The predicted octanol–water partition coefficient (Wildman–Crippen LogP) is 2.57. The molecule has 0 spiro atoms. The van der Waals surface area contributed by atoms with Crippen LogP contribution in [0.25, 0.3) is 0 Å². The van der Waals surface area contributed by atoms with Crippen LogP contribution >= 0.6 is 0 Å². The van der Waals surface area contributed by atoms with Crippen molar-refractivity contribution in [2.45, 2.75) is 34.1 Å². The van der Waals surface area contributed by atoms with Gasteiger partial charge in [-0.3, -0.25) is 0 Å². The molecule has 62 valence electrons. The molecule has 2 nitrogen and oxygen atoms in total. The zero-order valence-electron chi connectivity index (χ0n) is 7.64. The average Bonchev–Trinajstić information content (AvgIpc) is 2.12. The van der Waals surface area contributed by atoms with E-state index < -0.39 is 0 Å². The highest BCUT2D eigenvalue weighted by molar-refractivity contribution is 5.13. The number of aromatic nitrogens is 1. The highest BCUT2D eigenvalue weighted by atomic mass is 16.5. The quantitative estimate of drug-likeness (QED) is 0.619. The maximum absolute atomic E-state index is 4.84. The van der Waals surface area contributed by atoms with E-state index in [0.29, 0.717) is 5.41 Å². The fourth-order valence-corrected chi connectivity index (χ4v) is 1.05. The molecule has 0 aromatic carbocycles. The molecule has 1 aromatic heterocycles. The van der Waals surface area contributed by atoms with Crippen molar-refractivity contribution >= 4 is 0 Å². The van der Waals surface area contributed by atoms with Gasteiger partial charge in [-0.15, -0.1) is 0 Å². The van der Waals surface area contributed by atoms with Crippen molar-refractivity contribution in [2.75, 3.05) is 0 Å². The molecule has 0 bridgehead atoms. The van der Waals surface area contributed by atoms with Crippen molar-refractivity contribution < 1.29 is 4.52 Å². The van der Waals surface area contributed by atoms with Crippen LogP contribution < -0.4 is 0 Å². The van der Waals surface area contributed by atoms with Crippen molar-refractivity contribution in [3.63, 3.8) is 0 Å². The third-order valence-corrected chi connectivity index (χ3v) is 1.57. The minimum absolute atomic E-state index is 0.316. The first-order valence-electron chi connectivity index (χ1n) is 3.89. The van der Waals surface area contributed by atoms with Gasteiger partial charge in [0.25, 0.3) is 0 Å². The van der Waals surface area contributed by atoms with Gasteiger partial charge in [0.15, 0.2) is 0 Å². The molecule has 0 unspecified atom stereocenters. The zero-order chi connectivity index (χ0) is 8.48. The van der Waals surface area contributed by atoms with Crippen LogP contribution in [0.1, 0.15) is 32.0 Å². The Bertz CT molecular complexity index is 232. The summed E-state index contributed by atoms with van der Waals surface area (Å²) in [7, 11) is 0. The minimum atomic E-state index is 0.316. The standard InChI is InChI=1S/C9H15NO/c1-7-8(6-11-10-7)5-9(2,3)4/h6H,5H2,1-4H3. The van der Waals surface area contributed by atoms with Crippen molar-refractivity contribution in [3.05, 3.63) is 17.5 Å². The Labute approximate surface area is 67.6 Å². The van der Waals surface area contributed by atoms with Gasteiger partial charge in [-0.2, -0.15) is 0 Å². The van der Waals surface area contributed by atoms with Crippen molar-refractivity contribution in [1.82, 2.24) is 5.16 Å². The van der Waals surface area contributed by atoms with Gasteiger partial charge in [0.1, 0.15) is 6.26 Å². The molecule has 0 saturated heterocycles. The number of rotatable bonds is 1. The summed E-state index contributed by atoms with van der Waals surface area (Å²) in [5.41, 5.74) is 2.55. The van der Waals surface area contributed by atoms with E-state index in [1.165, 1.54) is 5.56 Å². The summed E-state index contributed by atoms with van der Waals surface area (Å²) in [5.74, 6) is 0. The first kappa shape index (κ1) is 8.31. The summed E-state index contributed by atoms with van der Waals surface area (Å²) >= 11 is 0. The molecule has 0 saturated carbocycles. The molecule has 0 radical (unpaired) electrons. The Kier molecular flexibility index (Phi) is 2.03. The van der Waals surface area contributed by atoms with E-state index in [1.807, 2.05) is 6.92 Å². The zero-order valence-corrected chi connectivity index (χ0v) is 7.64. The van der Waals surface area contributed by atoms with Gasteiger partial charge in [0.05, 0.1) is 5.69 Å². The second kappa shape index (κ2) is 2.68. The van der Waals surface area contributed by atoms with Crippen LogP contribution in [0.2, 0.25) is 0 Å². The van der Waals surface area contributed by atoms with E-state index in [9.17, 15) is 0 Å². The lowest BCUT2D eigenvalue weighted by atomic mass is 9.88. The van der Waals surface area contributed by atoms with E-state index in [4.69, 9.17) is 4.52 Å². The van der Waals surface area contributed by atoms with E-state index >= 15 is 0 Å². The molecule has 1 rings (SSSR count). The topological polar surface area (TPSA) is 26.0 Å². The largest absolute Gasteiger partial charge is 0.364 e. The van der Waals surface area contributed by atoms with Crippen LogP contribution in [0.5, 0.6) is 0 Å². The number of hydrogen-bond acceptors (Lipinski definition) is 2. The summed E-state index contributed by atoms with van der Waals surface area (Å²) in [5, 5.41) is 3.83. The first-order chi connectivity index (χ1) is 4.99. The van der Waals surface area contributed by atoms with Crippen molar-refractivity contribution in [1.29, 1.82) is 0 Å². The molecule has 0 aliphatic rings. The maximum Gasteiger partial charge on any atom is 0.127 e. The summed E-state index contributed by atoms with van der Waals surface area (Å²) in [6.07, 6.45) is 2.77. The van der Waals surface area contributed by atoms with Crippen LogP contribution in [-0.4, -0.2) is 5.16 Å². The van der Waals surface area contributed by atoms with E-state index in [-0.39, 0.29) is 0 Å². The fourth-order valence-electron chi connectivity index (χ4n) is 1.05. The normalized spacial score (nSPS) is 12.0. The summed E-state index contributed by atoms with van der Waals surface area (Å²) in [4.78, 5) is 0. The van der Waals surface area contributed by atoms with Crippen LogP contribution in [0, 0.1) is 12.3 Å². The molecule has 0 N–H and O–H groups in total. The van der Waals surface area contributed by atoms with E-state index in [1.54, 1.807) is 6.26 Å². The van der Waals surface area contributed by atoms with Gasteiger partial charge in [-0.1, -0.05) is 25.9 Å². The summed E-state index contributed by atoms with van der Waals surface area (Å²) in [6, 6.07) is 0. The van der Waals surface area contributed by atoms with Crippen LogP contribution in [0.3, 0.4) is 0 Å². The molecule has 0 aliphatic heterocycles. The molecule has 0 aliphatic carbocycles. The average molecular weight is 153 g/mol. The van der Waals surface area contributed by atoms with E-state index in [0.717, 1.165) is 12.1 Å². The van der Waals surface area contributed by atoms with Gasteiger partial charge >= 0.3 is 0 Å². The third-order valence-electron chi connectivity index (χ3n) is 1.57.